The van der Waals surface area contributed by atoms with Crippen molar-refractivity contribution in [2.24, 2.45) is 0 Å². The lowest BCUT2D eigenvalue weighted by Crippen LogP contribution is -2.45. The molecule has 8 heteroatoms. The third-order valence-corrected chi connectivity index (χ3v) is 3.80. The van der Waals surface area contributed by atoms with Crippen molar-refractivity contribution in [3.63, 3.8) is 0 Å². The molecule has 1 aromatic carbocycles. The highest BCUT2D eigenvalue weighted by molar-refractivity contribution is 5.94. The molecular weight excluding hydrogens is 322 g/mol. The number of anilines is 1. The van der Waals surface area contributed by atoms with Crippen molar-refractivity contribution < 1.29 is 14.3 Å². The summed E-state index contributed by atoms with van der Waals surface area (Å²) in [6.07, 6.45) is 3.84. The smallest absolute Gasteiger partial charge is 0.243 e. The van der Waals surface area contributed by atoms with E-state index < -0.39 is 0 Å². The van der Waals surface area contributed by atoms with E-state index in [1.807, 2.05) is 24.4 Å². The zero-order chi connectivity index (χ0) is 17.5. The molecule has 1 fully saturated rings. The number of morpholine rings is 1. The van der Waals surface area contributed by atoms with Gasteiger partial charge in [0.25, 0.3) is 0 Å². The number of nitrogens with one attached hydrogen (secondary N) is 3. The van der Waals surface area contributed by atoms with Crippen LogP contribution in [0.2, 0.25) is 0 Å². The Bertz CT molecular complexity index is 694. The second-order valence-corrected chi connectivity index (χ2v) is 5.75. The van der Waals surface area contributed by atoms with Crippen LogP contribution in [0, 0.1) is 0 Å². The number of nitrogens with zero attached hydrogens (tertiary/aromatic N) is 2. The Morgan fingerprint density at radius 3 is 2.80 bits per heavy atom. The van der Waals surface area contributed by atoms with Crippen molar-refractivity contribution >= 4 is 17.5 Å². The summed E-state index contributed by atoms with van der Waals surface area (Å²) in [6, 6.07) is 9.14. The molecule has 8 nitrogen and oxygen atoms in total. The standard InChI is InChI=1S/C17H21N5O3/c23-16(10-14-12-25-9-7-18-14)19-11-17(24)21-13-2-4-15(5-3-13)22-8-1-6-20-22/h1-6,8,14,18H,7,9-12H2,(H,19,23)(H,21,24). The summed E-state index contributed by atoms with van der Waals surface area (Å²) < 4.78 is 7.03. The molecule has 0 saturated carbocycles. The molecule has 1 saturated heterocycles. The molecule has 1 atom stereocenters. The van der Waals surface area contributed by atoms with Gasteiger partial charge in [0, 0.05) is 37.1 Å². The third-order valence-electron chi connectivity index (χ3n) is 3.80. The summed E-state index contributed by atoms with van der Waals surface area (Å²) in [6.45, 7) is 1.86. The fourth-order valence-electron chi connectivity index (χ4n) is 2.55. The van der Waals surface area contributed by atoms with Gasteiger partial charge in [-0.1, -0.05) is 0 Å². The Kier molecular flexibility index (Phi) is 5.76. The monoisotopic (exact) mass is 343 g/mol. The number of benzene rings is 1. The quantitative estimate of drug-likeness (QED) is 0.701. The van der Waals surface area contributed by atoms with Crippen LogP contribution in [0.5, 0.6) is 0 Å². The van der Waals surface area contributed by atoms with Gasteiger partial charge in [-0.3, -0.25) is 9.59 Å². The second kappa shape index (κ2) is 8.41. The van der Waals surface area contributed by atoms with Crippen LogP contribution in [-0.4, -0.2) is 53.9 Å². The Morgan fingerprint density at radius 2 is 2.12 bits per heavy atom. The minimum Gasteiger partial charge on any atom is -0.378 e. The fraction of sp³-hybridized carbons (Fsp3) is 0.353. The zero-order valence-electron chi connectivity index (χ0n) is 13.8. The fourth-order valence-corrected chi connectivity index (χ4v) is 2.55. The number of carbonyl (C=O) groups is 2. The lowest BCUT2D eigenvalue weighted by molar-refractivity contribution is -0.125. The number of hydrogen-bond donors (Lipinski definition) is 3. The molecule has 2 amide bonds. The lowest BCUT2D eigenvalue weighted by atomic mass is 10.2. The van der Waals surface area contributed by atoms with Crippen LogP contribution < -0.4 is 16.0 Å². The summed E-state index contributed by atoms with van der Waals surface area (Å²) in [7, 11) is 0. The van der Waals surface area contributed by atoms with Gasteiger partial charge >= 0.3 is 0 Å². The largest absolute Gasteiger partial charge is 0.378 e. The number of rotatable bonds is 6. The van der Waals surface area contributed by atoms with E-state index in [0.29, 0.717) is 25.3 Å². The molecule has 0 spiro atoms. The molecule has 1 aliphatic heterocycles. The van der Waals surface area contributed by atoms with Crippen LogP contribution in [-0.2, 0) is 14.3 Å². The van der Waals surface area contributed by atoms with E-state index >= 15 is 0 Å². The van der Waals surface area contributed by atoms with Gasteiger partial charge in [-0.15, -0.1) is 0 Å². The molecule has 3 N–H and O–H groups in total. The predicted octanol–water partition coefficient (Wildman–Crippen LogP) is 0.306. The average Bonchev–Trinajstić information content (AvgIpc) is 3.16. The van der Waals surface area contributed by atoms with E-state index in [1.54, 1.807) is 23.0 Å². The molecule has 2 heterocycles. The first kappa shape index (κ1) is 17.1. The summed E-state index contributed by atoms with van der Waals surface area (Å²) in [5.74, 6) is -0.444. The van der Waals surface area contributed by atoms with Gasteiger partial charge in [0.2, 0.25) is 11.8 Å². The van der Waals surface area contributed by atoms with Crippen LogP contribution in [0.1, 0.15) is 6.42 Å². The topological polar surface area (TPSA) is 97.3 Å². The molecule has 132 valence electrons. The van der Waals surface area contributed by atoms with Crippen LogP contribution in [0.3, 0.4) is 0 Å². The van der Waals surface area contributed by atoms with Crippen molar-refractivity contribution in [1.82, 2.24) is 20.4 Å². The minimum atomic E-state index is -0.270. The predicted molar refractivity (Wildman–Crippen MR) is 92.4 cm³/mol. The maximum Gasteiger partial charge on any atom is 0.243 e. The minimum absolute atomic E-state index is 0.00616. The maximum absolute atomic E-state index is 11.9. The van der Waals surface area contributed by atoms with E-state index in [1.165, 1.54) is 0 Å². The summed E-state index contributed by atoms with van der Waals surface area (Å²) >= 11 is 0. The first-order valence-electron chi connectivity index (χ1n) is 8.18. The maximum atomic E-state index is 11.9. The summed E-state index contributed by atoms with van der Waals surface area (Å²) in [4.78, 5) is 23.8. The van der Waals surface area contributed by atoms with Gasteiger partial charge in [0.05, 0.1) is 25.4 Å². The molecule has 1 unspecified atom stereocenters. The molecule has 1 aromatic heterocycles. The third kappa shape index (κ3) is 5.13. The van der Waals surface area contributed by atoms with E-state index in [0.717, 1.165) is 12.2 Å². The molecule has 25 heavy (non-hydrogen) atoms. The number of hydrogen-bond acceptors (Lipinski definition) is 5. The van der Waals surface area contributed by atoms with E-state index in [-0.39, 0.29) is 24.4 Å². The second-order valence-electron chi connectivity index (χ2n) is 5.75. The summed E-state index contributed by atoms with van der Waals surface area (Å²) in [5, 5.41) is 12.7. The molecule has 3 rings (SSSR count). The highest BCUT2D eigenvalue weighted by Gasteiger charge is 2.17. The molecule has 0 aliphatic carbocycles. The van der Waals surface area contributed by atoms with Crippen LogP contribution >= 0.6 is 0 Å². The SMILES string of the molecule is O=C(CC1COCCN1)NCC(=O)Nc1ccc(-n2cccn2)cc1. The van der Waals surface area contributed by atoms with E-state index in [2.05, 4.69) is 21.0 Å². The average molecular weight is 343 g/mol. The first-order valence-corrected chi connectivity index (χ1v) is 8.18. The molecule has 0 bridgehead atoms. The van der Waals surface area contributed by atoms with Crippen LogP contribution in [0.25, 0.3) is 5.69 Å². The van der Waals surface area contributed by atoms with Crippen molar-refractivity contribution in [2.45, 2.75) is 12.5 Å². The van der Waals surface area contributed by atoms with Gasteiger partial charge in [-0.2, -0.15) is 5.10 Å². The normalized spacial score (nSPS) is 17.0. The molecular formula is C17H21N5O3. The van der Waals surface area contributed by atoms with Crippen molar-refractivity contribution in [3.05, 3.63) is 42.7 Å². The number of carbonyl (C=O) groups excluding carboxylic acids is 2. The highest BCUT2D eigenvalue weighted by Crippen LogP contribution is 2.12. The van der Waals surface area contributed by atoms with Gasteiger partial charge < -0.3 is 20.7 Å². The zero-order valence-corrected chi connectivity index (χ0v) is 13.8. The Morgan fingerprint density at radius 1 is 1.28 bits per heavy atom. The first-order chi connectivity index (χ1) is 12.2. The van der Waals surface area contributed by atoms with E-state index in [4.69, 9.17) is 4.74 Å². The Labute approximate surface area is 145 Å². The van der Waals surface area contributed by atoms with Gasteiger partial charge in [0.1, 0.15) is 0 Å². The van der Waals surface area contributed by atoms with Crippen molar-refractivity contribution in [1.29, 1.82) is 0 Å². The molecule has 0 radical (unpaired) electrons. The number of aromatic nitrogens is 2. The van der Waals surface area contributed by atoms with E-state index in [9.17, 15) is 9.59 Å². The van der Waals surface area contributed by atoms with Gasteiger partial charge in [-0.05, 0) is 30.3 Å². The number of ether oxygens (including phenoxy) is 1. The highest BCUT2D eigenvalue weighted by atomic mass is 16.5. The summed E-state index contributed by atoms with van der Waals surface area (Å²) in [5.41, 5.74) is 1.57. The van der Waals surface area contributed by atoms with Crippen LogP contribution in [0.4, 0.5) is 5.69 Å². The molecule has 2 aromatic rings. The lowest BCUT2D eigenvalue weighted by Gasteiger charge is -2.23. The van der Waals surface area contributed by atoms with Crippen molar-refractivity contribution in [2.75, 3.05) is 31.6 Å². The Hall–Kier alpha value is -2.71. The molecule has 1 aliphatic rings. The van der Waals surface area contributed by atoms with Crippen LogP contribution in [0.15, 0.2) is 42.7 Å². The van der Waals surface area contributed by atoms with Gasteiger partial charge in [0.15, 0.2) is 0 Å². The van der Waals surface area contributed by atoms with Crippen molar-refractivity contribution in [3.8, 4) is 5.69 Å². The number of amides is 2. The Balaban J connectivity index is 1.42. The van der Waals surface area contributed by atoms with Gasteiger partial charge in [-0.25, -0.2) is 4.68 Å².